The fourth-order valence-electron chi connectivity index (χ4n) is 4.93. The highest BCUT2D eigenvalue weighted by Crippen LogP contribution is 2.33. The van der Waals surface area contributed by atoms with Crippen molar-refractivity contribution in [3.63, 3.8) is 0 Å². The van der Waals surface area contributed by atoms with E-state index in [2.05, 4.69) is 20.6 Å². The molecule has 10 nitrogen and oxygen atoms in total. The molecular formula is C32H26N6O4. The standard InChI is InChI=1S/C32H26N6O4/c1-19(20-5-3-2-4-6-20)35-30(40)22-7-12-26-25(17-22)28(31(41)37-26)29(21-13-15-33-16-14-21)36-23-8-10-24(11-9-23)38-27(39)18-34-32(38)42/h2-17,19,37,41H,18H2,1H3,(H,34,42)(H,35,40). The zero-order chi connectivity index (χ0) is 29.2. The summed E-state index contributed by atoms with van der Waals surface area (Å²) in [5, 5.41) is 17.2. The molecule has 0 aliphatic carbocycles. The number of urea groups is 1. The van der Waals surface area contributed by atoms with Gasteiger partial charge >= 0.3 is 6.03 Å². The molecule has 0 radical (unpaired) electrons. The minimum Gasteiger partial charge on any atom is -0.494 e. The number of fused-ring (bicyclic) bond motifs is 1. The van der Waals surface area contributed by atoms with E-state index in [1.54, 1.807) is 67.0 Å². The highest BCUT2D eigenvalue weighted by atomic mass is 16.3. The van der Waals surface area contributed by atoms with Crippen LogP contribution < -0.4 is 15.5 Å². The summed E-state index contributed by atoms with van der Waals surface area (Å²) in [7, 11) is 0. The zero-order valence-corrected chi connectivity index (χ0v) is 22.5. The molecule has 1 aliphatic heterocycles. The number of hydrogen-bond donors (Lipinski definition) is 4. The first kappa shape index (κ1) is 26.5. The van der Waals surface area contributed by atoms with Crippen LogP contribution in [0.4, 0.5) is 16.2 Å². The van der Waals surface area contributed by atoms with Crippen LogP contribution in [0.3, 0.4) is 0 Å². The van der Waals surface area contributed by atoms with Crippen molar-refractivity contribution in [2.24, 2.45) is 4.99 Å². The van der Waals surface area contributed by atoms with Gasteiger partial charge in [-0.2, -0.15) is 0 Å². The Morgan fingerprint density at radius 3 is 2.40 bits per heavy atom. The Bertz CT molecular complexity index is 1820. The first-order chi connectivity index (χ1) is 20.4. The van der Waals surface area contributed by atoms with Crippen LogP contribution in [0.1, 0.15) is 40.0 Å². The van der Waals surface area contributed by atoms with Gasteiger partial charge < -0.3 is 20.7 Å². The highest BCUT2D eigenvalue weighted by Gasteiger charge is 2.30. The second kappa shape index (κ2) is 11.0. The van der Waals surface area contributed by atoms with E-state index in [0.29, 0.717) is 44.7 Å². The molecule has 5 aromatic rings. The van der Waals surface area contributed by atoms with Crippen LogP contribution >= 0.6 is 0 Å². The Morgan fingerprint density at radius 1 is 0.976 bits per heavy atom. The molecule has 1 aliphatic rings. The van der Waals surface area contributed by atoms with Crippen molar-refractivity contribution in [2.75, 3.05) is 11.4 Å². The molecule has 6 rings (SSSR count). The summed E-state index contributed by atoms with van der Waals surface area (Å²) < 4.78 is 0. The average Bonchev–Trinajstić information content (AvgIpc) is 3.53. The predicted octanol–water partition coefficient (Wildman–Crippen LogP) is 4.98. The topological polar surface area (TPSA) is 140 Å². The van der Waals surface area contributed by atoms with E-state index in [1.807, 2.05) is 37.3 Å². The van der Waals surface area contributed by atoms with Crippen LogP contribution in [0.2, 0.25) is 0 Å². The molecule has 1 unspecified atom stereocenters. The number of benzene rings is 3. The number of rotatable bonds is 7. The van der Waals surface area contributed by atoms with Crippen molar-refractivity contribution in [1.29, 1.82) is 0 Å². The van der Waals surface area contributed by atoms with Crippen LogP contribution in [0, 0.1) is 0 Å². The summed E-state index contributed by atoms with van der Waals surface area (Å²) >= 11 is 0. The Balaban J connectivity index is 1.39. The molecule has 1 fully saturated rings. The minimum absolute atomic E-state index is 0.0457. The Hall–Kier alpha value is -5.77. The van der Waals surface area contributed by atoms with E-state index in [9.17, 15) is 19.5 Å². The van der Waals surface area contributed by atoms with Crippen molar-refractivity contribution in [1.82, 2.24) is 20.6 Å². The number of aliphatic imine (C=N–C) groups is 1. The van der Waals surface area contributed by atoms with Gasteiger partial charge in [-0.25, -0.2) is 14.7 Å². The molecule has 4 amide bonds. The van der Waals surface area contributed by atoms with Gasteiger partial charge in [-0.1, -0.05) is 30.3 Å². The molecule has 2 aromatic heterocycles. The zero-order valence-electron chi connectivity index (χ0n) is 22.5. The lowest BCUT2D eigenvalue weighted by Gasteiger charge is -2.14. The van der Waals surface area contributed by atoms with Crippen LogP contribution in [0.15, 0.2) is 102 Å². The average molecular weight is 559 g/mol. The summed E-state index contributed by atoms with van der Waals surface area (Å²) in [5.74, 6) is -0.694. The summed E-state index contributed by atoms with van der Waals surface area (Å²) in [6.45, 7) is 1.88. The number of aromatic nitrogens is 2. The fourth-order valence-corrected chi connectivity index (χ4v) is 4.93. The van der Waals surface area contributed by atoms with Gasteiger partial charge in [-0.3, -0.25) is 14.6 Å². The van der Waals surface area contributed by atoms with Gasteiger partial charge in [0, 0.05) is 34.4 Å². The first-order valence-corrected chi connectivity index (χ1v) is 13.3. The number of imide groups is 1. The number of pyridine rings is 1. The molecule has 0 bridgehead atoms. The molecule has 1 saturated heterocycles. The van der Waals surface area contributed by atoms with Gasteiger partial charge in [0.25, 0.3) is 11.8 Å². The van der Waals surface area contributed by atoms with E-state index in [4.69, 9.17) is 4.99 Å². The summed E-state index contributed by atoms with van der Waals surface area (Å²) in [6, 6.07) is 24.4. The van der Waals surface area contributed by atoms with Crippen LogP contribution in [0.25, 0.3) is 10.9 Å². The third kappa shape index (κ3) is 5.08. The fraction of sp³-hybridized carbons (Fsp3) is 0.0938. The summed E-state index contributed by atoms with van der Waals surface area (Å²) in [4.78, 5) is 50.4. The lowest BCUT2D eigenvalue weighted by Crippen LogP contribution is -2.30. The molecule has 4 N–H and O–H groups in total. The van der Waals surface area contributed by atoms with Crippen molar-refractivity contribution < 1.29 is 19.5 Å². The molecule has 1 atom stereocenters. The largest absolute Gasteiger partial charge is 0.494 e. The second-order valence-corrected chi connectivity index (χ2v) is 9.82. The molecule has 0 saturated carbocycles. The summed E-state index contributed by atoms with van der Waals surface area (Å²) in [6.07, 6.45) is 3.25. The Kier molecular flexibility index (Phi) is 6.93. The molecule has 10 heteroatoms. The molecule has 3 heterocycles. The maximum Gasteiger partial charge on any atom is 0.329 e. The maximum atomic E-state index is 13.2. The van der Waals surface area contributed by atoms with Crippen LogP contribution in [-0.2, 0) is 4.79 Å². The summed E-state index contributed by atoms with van der Waals surface area (Å²) in [5.41, 5.74) is 4.54. The van der Waals surface area contributed by atoms with Gasteiger partial charge in [-0.15, -0.1) is 0 Å². The molecule has 3 aromatic carbocycles. The van der Waals surface area contributed by atoms with Gasteiger partial charge in [0.1, 0.15) is 0 Å². The van der Waals surface area contributed by atoms with E-state index < -0.39 is 6.03 Å². The lowest BCUT2D eigenvalue weighted by molar-refractivity contribution is -0.115. The number of nitrogens with zero attached hydrogens (tertiary/aromatic N) is 3. The number of aromatic hydroxyl groups is 1. The van der Waals surface area contributed by atoms with E-state index in [-0.39, 0.29) is 30.3 Å². The third-order valence-corrected chi connectivity index (χ3v) is 7.07. The molecule has 42 heavy (non-hydrogen) atoms. The van der Waals surface area contributed by atoms with Gasteiger partial charge in [0.15, 0.2) is 5.88 Å². The number of H-pyrrole nitrogens is 1. The number of nitrogens with one attached hydrogen (secondary N) is 3. The smallest absolute Gasteiger partial charge is 0.329 e. The van der Waals surface area contributed by atoms with Crippen molar-refractivity contribution >= 4 is 45.8 Å². The van der Waals surface area contributed by atoms with E-state index in [1.165, 1.54) is 0 Å². The van der Waals surface area contributed by atoms with Gasteiger partial charge in [0.2, 0.25) is 0 Å². The van der Waals surface area contributed by atoms with Crippen molar-refractivity contribution in [3.05, 3.63) is 120 Å². The number of anilines is 1. The predicted molar refractivity (Wildman–Crippen MR) is 159 cm³/mol. The number of hydrogen-bond acceptors (Lipinski definition) is 6. The lowest BCUT2D eigenvalue weighted by atomic mass is 10.00. The number of carbonyl (C=O) groups is 3. The second-order valence-electron chi connectivity index (χ2n) is 9.82. The normalized spacial score (nSPS) is 14.2. The van der Waals surface area contributed by atoms with Gasteiger partial charge in [-0.05, 0) is 67.1 Å². The first-order valence-electron chi connectivity index (χ1n) is 13.3. The van der Waals surface area contributed by atoms with E-state index in [0.717, 1.165) is 10.5 Å². The van der Waals surface area contributed by atoms with Crippen molar-refractivity contribution in [2.45, 2.75) is 13.0 Å². The Morgan fingerprint density at radius 2 is 1.71 bits per heavy atom. The Labute approximate surface area is 240 Å². The number of aromatic amines is 1. The van der Waals surface area contributed by atoms with Crippen LogP contribution in [-0.4, -0.2) is 45.2 Å². The molecule has 0 spiro atoms. The third-order valence-electron chi connectivity index (χ3n) is 7.07. The van der Waals surface area contributed by atoms with E-state index >= 15 is 0 Å². The SMILES string of the molecule is CC(NC(=O)c1ccc2[nH]c(O)c(C(=Nc3ccc(N4C(=O)CNC4=O)cc3)c3ccncc3)c2c1)c1ccccc1. The maximum absolute atomic E-state index is 13.2. The highest BCUT2D eigenvalue weighted by molar-refractivity contribution is 6.22. The quantitative estimate of drug-likeness (QED) is 0.165. The molecular weight excluding hydrogens is 532 g/mol. The number of amides is 4. The minimum atomic E-state index is -0.476. The van der Waals surface area contributed by atoms with Crippen molar-refractivity contribution in [3.8, 4) is 5.88 Å². The molecule has 208 valence electrons. The van der Waals surface area contributed by atoms with Gasteiger partial charge in [0.05, 0.1) is 35.2 Å². The number of carbonyl (C=O) groups excluding carboxylic acids is 3. The van der Waals surface area contributed by atoms with Crippen LogP contribution in [0.5, 0.6) is 5.88 Å². The monoisotopic (exact) mass is 558 g/mol.